The first kappa shape index (κ1) is 18.2. The van der Waals surface area contributed by atoms with Crippen LogP contribution in [0.4, 0.5) is 4.39 Å². The average molecular weight is 400 g/mol. The van der Waals surface area contributed by atoms with Gasteiger partial charge in [-0.1, -0.05) is 29.8 Å². The molecule has 0 unspecified atom stereocenters. The lowest BCUT2D eigenvalue weighted by Gasteiger charge is -2.30. The molecule has 1 amide bonds. The molecule has 0 spiro atoms. The van der Waals surface area contributed by atoms with E-state index in [0.29, 0.717) is 18.7 Å². The molecule has 0 saturated heterocycles. The van der Waals surface area contributed by atoms with Gasteiger partial charge in [-0.25, -0.2) is 4.39 Å². The number of hydrogen-bond donors (Lipinski definition) is 1. The molecular formula is C20H15ClFN3O3. The van der Waals surface area contributed by atoms with Crippen LogP contribution in [0.15, 0.2) is 53.7 Å². The van der Waals surface area contributed by atoms with Crippen molar-refractivity contribution in [2.75, 3.05) is 6.54 Å². The molecule has 3 aromatic rings. The van der Waals surface area contributed by atoms with E-state index in [2.05, 4.69) is 4.98 Å². The minimum atomic E-state index is -0.650. The summed E-state index contributed by atoms with van der Waals surface area (Å²) in [5.74, 6) is -1.75. The van der Waals surface area contributed by atoms with E-state index in [1.165, 1.54) is 17.2 Å². The van der Waals surface area contributed by atoms with E-state index < -0.39 is 22.9 Å². The second-order valence-electron chi connectivity index (χ2n) is 6.44. The van der Waals surface area contributed by atoms with E-state index in [9.17, 15) is 19.1 Å². The number of carbonyl (C=O) groups excluding carboxylic acids is 1. The third kappa shape index (κ3) is 3.03. The summed E-state index contributed by atoms with van der Waals surface area (Å²) in [6.45, 7) is 0.639. The summed E-state index contributed by atoms with van der Waals surface area (Å²) in [4.78, 5) is 30.9. The zero-order valence-corrected chi connectivity index (χ0v) is 15.4. The maximum atomic E-state index is 14.2. The highest BCUT2D eigenvalue weighted by molar-refractivity contribution is 6.30. The third-order valence-electron chi connectivity index (χ3n) is 4.72. The number of aromatic nitrogens is 2. The Morgan fingerprint density at radius 2 is 2.00 bits per heavy atom. The first-order chi connectivity index (χ1) is 13.5. The van der Waals surface area contributed by atoms with Crippen LogP contribution in [0.25, 0.3) is 11.1 Å². The normalized spacial score (nSPS) is 13.5. The zero-order valence-electron chi connectivity index (χ0n) is 14.6. The molecule has 142 valence electrons. The van der Waals surface area contributed by atoms with Gasteiger partial charge in [-0.3, -0.25) is 14.6 Å². The van der Waals surface area contributed by atoms with E-state index in [1.807, 2.05) is 0 Å². The largest absolute Gasteiger partial charge is 0.503 e. The van der Waals surface area contributed by atoms with Crippen molar-refractivity contribution in [3.63, 3.8) is 0 Å². The van der Waals surface area contributed by atoms with E-state index >= 15 is 0 Å². The fourth-order valence-electron chi connectivity index (χ4n) is 3.29. The van der Waals surface area contributed by atoms with Crippen LogP contribution in [0.2, 0.25) is 5.02 Å². The lowest BCUT2D eigenvalue weighted by atomic mass is 10.1. The van der Waals surface area contributed by atoms with Crippen LogP contribution in [-0.4, -0.2) is 32.0 Å². The van der Waals surface area contributed by atoms with Crippen molar-refractivity contribution in [1.29, 1.82) is 0 Å². The minimum Gasteiger partial charge on any atom is -0.503 e. The van der Waals surface area contributed by atoms with Gasteiger partial charge in [0.05, 0.1) is 10.6 Å². The summed E-state index contributed by atoms with van der Waals surface area (Å²) >= 11 is 5.80. The molecule has 0 fully saturated rings. The van der Waals surface area contributed by atoms with Crippen molar-refractivity contribution in [2.24, 2.45) is 0 Å². The number of fused-ring (bicyclic) bond motifs is 1. The molecule has 1 aliphatic rings. The van der Waals surface area contributed by atoms with Gasteiger partial charge in [-0.05, 0) is 12.1 Å². The highest BCUT2D eigenvalue weighted by Gasteiger charge is 2.30. The molecule has 1 aliphatic heterocycles. The second kappa shape index (κ2) is 7.09. The van der Waals surface area contributed by atoms with Gasteiger partial charge in [0.15, 0.2) is 11.4 Å². The standard InChI is InChI=1S/C20H15ClFN3O3/c21-15-5-1-3-13(16(15)22)10-25-8-7-24-11-14(12-4-2-6-23-9-12)18(26)19(27)17(24)20(25)28/h1-6,9,11,27H,7-8,10H2. The van der Waals surface area contributed by atoms with Crippen LogP contribution in [0.1, 0.15) is 16.1 Å². The van der Waals surface area contributed by atoms with Crippen LogP contribution in [-0.2, 0) is 13.1 Å². The first-order valence-corrected chi connectivity index (χ1v) is 8.94. The highest BCUT2D eigenvalue weighted by atomic mass is 35.5. The van der Waals surface area contributed by atoms with Crippen molar-refractivity contribution in [3.05, 3.63) is 81.2 Å². The number of carbonyl (C=O) groups is 1. The van der Waals surface area contributed by atoms with Gasteiger partial charge in [0.25, 0.3) is 5.91 Å². The molecule has 0 saturated carbocycles. The van der Waals surface area contributed by atoms with E-state index in [0.717, 1.165) is 0 Å². The Morgan fingerprint density at radius 1 is 1.18 bits per heavy atom. The summed E-state index contributed by atoms with van der Waals surface area (Å²) in [7, 11) is 0. The molecule has 8 heteroatoms. The van der Waals surface area contributed by atoms with Crippen LogP contribution in [0.5, 0.6) is 5.75 Å². The Morgan fingerprint density at radius 3 is 2.75 bits per heavy atom. The number of aromatic hydroxyl groups is 1. The van der Waals surface area contributed by atoms with Gasteiger partial charge in [0.2, 0.25) is 5.43 Å². The number of amides is 1. The fraction of sp³-hybridized carbons (Fsp3) is 0.150. The van der Waals surface area contributed by atoms with Crippen LogP contribution < -0.4 is 5.43 Å². The number of halogens is 2. The summed E-state index contributed by atoms with van der Waals surface area (Å²) in [6.07, 6.45) is 4.64. The fourth-order valence-corrected chi connectivity index (χ4v) is 3.48. The number of benzene rings is 1. The number of rotatable bonds is 3. The molecule has 1 aromatic carbocycles. The zero-order chi connectivity index (χ0) is 19.8. The second-order valence-corrected chi connectivity index (χ2v) is 6.85. The predicted octanol–water partition coefficient (Wildman–Crippen LogP) is 3.06. The van der Waals surface area contributed by atoms with Gasteiger partial charge in [0.1, 0.15) is 5.82 Å². The Kier molecular flexibility index (Phi) is 4.60. The van der Waals surface area contributed by atoms with Gasteiger partial charge >= 0.3 is 0 Å². The molecule has 6 nitrogen and oxygen atoms in total. The van der Waals surface area contributed by atoms with Gasteiger partial charge < -0.3 is 14.6 Å². The minimum absolute atomic E-state index is 0.0107. The van der Waals surface area contributed by atoms with Gasteiger partial charge in [-0.15, -0.1) is 0 Å². The molecular weight excluding hydrogens is 385 g/mol. The van der Waals surface area contributed by atoms with Crippen LogP contribution >= 0.6 is 11.6 Å². The van der Waals surface area contributed by atoms with Crippen molar-refractivity contribution in [3.8, 4) is 16.9 Å². The van der Waals surface area contributed by atoms with E-state index in [-0.39, 0.29) is 28.4 Å². The van der Waals surface area contributed by atoms with Gasteiger partial charge in [0, 0.05) is 49.4 Å². The average Bonchev–Trinajstić information content (AvgIpc) is 2.70. The predicted molar refractivity (Wildman–Crippen MR) is 102 cm³/mol. The summed E-state index contributed by atoms with van der Waals surface area (Å²) in [5.41, 5.74) is 0.322. The van der Waals surface area contributed by atoms with Crippen molar-refractivity contribution in [1.82, 2.24) is 14.5 Å². The monoisotopic (exact) mass is 399 g/mol. The maximum Gasteiger partial charge on any atom is 0.274 e. The third-order valence-corrected chi connectivity index (χ3v) is 5.01. The van der Waals surface area contributed by atoms with Crippen molar-refractivity contribution < 1.29 is 14.3 Å². The maximum absolute atomic E-state index is 14.2. The van der Waals surface area contributed by atoms with Crippen LogP contribution in [0.3, 0.4) is 0 Å². The molecule has 3 heterocycles. The number of nitrogens with zero attached hydrogens (tertiary/aromatic N) is 3. The Bertz CT molecular complexity index is 1130. The first-order valence-electron chi connectivity index (χ1n) is 8.56. The smallest absolute Gasteiger partial charge is 0.274 e. The van der Waals surface area contributed by atoms with Crippen LogP contribution in [0, 0.1) is 5.82 Å². The van der Waals surface area contributed by atoms with E-state index in [4.69, 9.17) is 11.6 Å². The van der Waals surface area contributed by atoms with Crippen molar-refractivity contribution >= 4 is 17.5 Å². The lowest BCUT2D eigenvalue weighted by molar-refractivity contribution is 0.0681. The highest BCUT2D eigenvalue weighted by Crippen LogP contribution is 2.26. The number of pyridine rings is 2. The molecule has 0 aliphatic carbocycles. The molecule has 1 N–H and O–H groups in total. The lowest BCUT2D eigenvalue weighted by Crippen LogP contribution is -2.41. The molecule has 4 rings (SSSR count). The summed E-state index contributed by atoms with van der Waals surface area (Å²) in [6, 6.07) is 7.96. The van der Waals surface area contributed by atoms with Crippen molar-refractivity contribution in [2.45, 2.75) is 13.1 Å². The quantitative estimate of drug-likeness (QED) is 0.734. The van der Waals surface area contributed by atoms with Gasteiger partial charge in [-0.2, -0.15) is 0 Å². The Labute approximate surface area is 164 Å². The number of hydrogen-bond acceptors (Lipinski definition) is 4. The Hall–Kier alpha value is -3.19. The molecule has 2 aromatic heterocycles. The topological polar surface area (TPSA) is 75.4 Å². The van der Waals surface area contributed by atoms with E-state index in [1.54, 1.807) is 41.2 Å². The summed E-state index contributed by atoms with van der Waals surface area (Å²) in [5, 5.41) is 10.4. The molecule has 0 radical (unpaired) electrons. The molecule has 28 heavy (non-hydrogen) atoms. The Balaban J connectivity index is 1.72. The summed E-state index contributed by atoms with van der Waals surface area (Å²) < 4.78 is 15.7. The molecule has 0 bridgehead atoms. The molecule has 0 atom stereocenters. The SMILES string of the molecule is O=C1c2c(O)c(=O)c(-c3cccnc3)cn2CCN1Cc1cccc(Cl)c1F.